The Hall–Kier alpha value is -3.28. The van der Waals surface area contributed by atoms with E-state index in [4.69, 9.17) is 9.88 Å². The number of rotatable bonds is 7. The van der Waals surface area contributed by atoms with Gasteiger partial charge in [0.15, 0.2) is 0 Å². The van der Waals surface area contributed by atoms with Gasteiger partial charge in [0, 0.05) is 28.7 Å². The van der Waals surface area contributed by atoms with Crippen molar-refractivity contribution in [2.24, 2.45) is 5.14 Å². The van der Waals surface area contributed by atoms with Crippen molar-refractivity contribution in [3.8, 4) is 11.3 Å². The third kappa shape index (κ3) is 4.74. The predicted molar refractivity (Wildman–Crippen MR) is 114 cm³/mol. The first kappa shape index (κ1) is 22.4. The molecule has 11 heteroatoms. The Kier molecular flexibility index (Phi) is 6.39. The van der Waals surface area contributed by atoms with Gasteiger partial charge in [0.05, 0.1) is 23.8 Å². The van der Waals surface area contributed by atoms with E-state index in [9.17, 15) is 18.3 Å². The molecule has 2 heterocycles. The molecule has 1 aromatic carbocycles. The van der Waals surface area contributed by atoms with Gasteiger partial charge in [-0.3, -0.25) is 0 Å². The summed E-state index contributed by atoms with van der Waals surface area (Å²) < 4.78 is 27.9. The molecule has 3 rings (SSSR count). The number of aryl methyl sites for hydroxylation is 1. The van der Waals surface area contributed by atoms with Gasteiger partial charge >= 0.3 is 5.97 Å². The monoisotopic (exact) mass is 445 g/mol. The van der Waals surface area contributed by atoms with E-state index >= 15 is 0 Å². The number of aromatic nitrogens is 3. The Morgan fingerprint density at radius 2 is 1.94 bits per heavy atom. The molecule has 0 fully saturated rings. The Bertz CT molecular complexity index is 1220. The van der Waals surface area contributed by atoms with Crippen LogP contribution in [0.2, 0.25) is 0 Å². The maximum absolute atomic E-state index is 12.2. The average molecular weight is 446 g/mol. The number of esters is 1. The number of anilines is 2. The fraction of sp³-hybridized carbons (Fsp3) is 0.250. The first-order valence-electron chi connectivity index (χ1n) is 9.39. The largest absolute Gasteiger partial charge is 0.461 e. The van der Waals surface area contributed by atoms with Crippen molar-refractivity contribution in [2.45, 2.75) is 32.3 Å². The number of aliphatic hydroxyl groups excluding tert-OH is 1. The highest BCUT2D eigenvalue weighted by atomic mass is 32.2. The highest BCUT2D eigenvalue weighted by Gasteiger charge is 2.22. The number of H-pyrrole nitrogens is 1. The van der Waals surface area contributed by atoms with Crippen molar-refractivity contribution in [3.05, 3.63) is 53.0 Å². The van der Waals surface area contributed by atoms with Crippen LogP contribution in [0.5, 0.6) is 0 Å². The van der Waals surface area contributed by atoms with Gasteiger partial charge in [-0.1, -0.05) is 0 Å². The first-order valence-corrected chi connectivity index (χ1v) is 10.9. The number of aliphatic hydroxyl groups is 1. The molecular formula is C20H23N5O5S. The van der Waals surface area contributed by atoms with Crippen LogP contribution in [-0.4, -0.2) is 41.1 Å². The van der Waals surface area contributed by atoms with Crippen molar-refractivity contribution >= 4 is 27.6 Å². The van der Waals surface area contributed by atoms with Gasteiger partial charge in [0.25, 0.3) is 0 Å². The molecule has 0 unspecified atom stereocenters. The number of ether oxygens (including phenoxy) is 1. The molecule has 0 aliphatic rings. The molecule has 0 atom stereocenters. The lowest BCUT2D eigenvalue weighted by atomic mass is 10.0. The van der Waals surface area contributed by atoms with Crippen molar-refractivity contribution in [1.82, 2.24) is 15.0 Å². The number of hydrogen-bond donors (Lipinski definition) is 4. The Morgan fingerprint density at radius 1 is 1.26 bits per heavy atom. The fourth-order valence-corrected chi connectivity index (χ4v) is 3.68. The number of carbonyl (C=O) groups excluding carboxylic acids is 1. The second kappa shape index (κ2) is 8.84. The van der Waals surface area contributed by atoms with Crippen LogP contribution in [0.1, 0.15) is 34.2 Å². The second-order valence-electron chi connectivity index (χ2n) is 6.77. The van der Waals surface area contributed by atoms with Crippen LogP contribution < -0.4 is 10.5 Å². The number of primary sulfonamides is 1. The van der Waals surface area contributed by atoms with Crippen LogP contribution in [0.4, 0.5) is 11.6 Å². The average Bonchev–Trinajstić information content (AvgIpc) is 3.02. The fourth-order valence-electron chi connectivity index (χ4n) is 3.17. The summed E-state index contributed by atoms with van der Waals surface area (Å²) in [5, 5.41) is 17.9. The highest BCUT2D eigenvalue weighted by molar-refractivity contribution is 7.89. The van der Waals surface area contributed by atoms with Crippen molar-refractivity contribution < 1.29 is 23.1 Å². The van der Waals surface area contributed by atoms with Crippen LogP contribution in [-0.2, 0) is 21.4 Å². The number of sulfonamides is 1. The summed E-state index contributed by atoms with van der Waals surface area (Å²) in [6.45, 7) is 5.25. The van der Waals surface area contributed by atoms with Crippen molar-refractivity contribution in [1.29, 1.82) is 0 Å². The van der Waals surface area contributed by atoms with Gasteiger partial charge in [0.2, 0.25) is 16.0 Å². The number of aromatic amines is 1. The summed E-state index contributed by atoms with van der Waals surface area (Å²) in [7, 11) is -3.79. The van der Waals surface area contributed by atoms with Crippen LogP contribution in [0.25, 0.3) is 11.3 Å². The van der Waals surface area contributed by atoms with E-state index in [0.29, 0.717) is 39.5 Å². The quantitative estimate of drug-likeness (QED) is 0.402. The lowest BCUT2D eigenvalue weighted by Crippen LogP contribution is -2.11. The number of carbonyl (C=O) groups is 1. The summed E-state index contributed by atoms with van der Waals surface area (Å²) in [6, 6.07) is 5.81. The second-order valence-corrected chi connectivity index (χ2v) is 8.33. The Balaban J connectivity index is 2.00. The molecule has 164 valence electrons. The number of nitrogens with one attached hydrogen (secondary N) is 2. The summed E-state index contributed by atoms with van der Waals surface area (Å²) in [5.74, 6) is -0.240. The lowest BCUT2D eigenvalue weighted by Gasteiger charge is -2.11. The van der Waals surface area contributed by atoms with Gasteiger partial charge in [-0.15, -0.1) is 0 Å². The molecule has 0 radical (unpaired) electrons. The molecule has 0 bridgehead atoms. The van der Waals surface area contributed by atoms with E-state index in [1.54, 1.807) is 20.8 Å². The number of nitrogens with two attached hydrogens (primary N) is 1. The van der Waals surface area contributed by atoms with Crippen molar-refractivity contribution in [2.75, 3.05) is 11.9 Å². The molecule has 0 aliphatic heterocycles. The molecule has 5 N–H and O–H groups in total. The number of benzene rings is 1. The molecule has 0 aliphatic carbocycles. The standard InChI is InChI=1S/C20H23N5O5S/c1-4-30-19(27)17-11(2)16(12(3)23-17)18-13(10-26)9-22-20(25-18)24-14-5-7-15(8-6-14)31(21,28)29/h5-9,23,26H,4,10H2,1-3H3,(H2,21,28,29)(H,22,24,25). The van der Waals surface area contributed by atoms with E-state index in [1.807, 2.05) is 0 Å². The number of nitrogens with zero attached hydrogens (tertiary/aromatic N) is 2. The van der Waals surface area contributed by atoms with Crippen molar-refractivity contribution in [3.63, 3.8) is 0 Å². The molecule has 10 nitrogen and oxygen atoms in total. The molecule has 0 saturated heterocycles. The molecular weight excluding hydrogens is 422 g/mol. The zero-order valence-corrected chi connectivity index (χ0v) is 18.1. The SMILES string of the molecule is CCOC(=O)c1[nH]c(C)c(-c2nc(Nc3ccc(S(N)(=O)=O)cc3)ncc2CO)c1C. The summed E-state index contributed by atoms with van der Waals surface area (Å²) >= 11 is 0. The first-order chi connectivity index (χ1) is 14.7. The van der Waals surface area contributed by atoms with E-state index in [0.717, 1.165) is 0 Å². The maximum atomic E-state index is 12.2. The summed E-state index contributed by atoms with van der Waals surface area (Å²) in [6.07, 6.45) is 1.49. The number of hydrogen-bond acceptors (Lipinski definition) is 8. The molecule has 0 amide bonds. The third-order valence-electron chi connectivity index (χ3n) is 4.63. The van der Waals surface area contributed by atoms with E-state index in [1.165, 1.54) is 30.5 Å². The van der Waals surface area contributed by atoms with E-state index in [2.05, 4.69) is 20.3 Å². The van der Waals surface area contributed by atoms with Crippen LogP contribution in [0, 0.1) is 13.8 Å². The minimum absolute atomic E-state index is 0.0136. The van der Waals surface area contributed by atoms with Crippen LogP contribution in [0.3, 0.4) is 0 Å². The summed E-state index contributed by atoms with van der Waals surface area (Å²) in [4.78, 5) is 24.0. The van der Waals surface area contributed by atoms with E-state index < -0.39 is 16.0 Å². The predicted octanol–water partition coefficient (Wildman–Crippen LogP) is 2.15. The van der Waals surface area contributed by atoms with Gasteiger partial charge in [0.1, 0.15) is 5.69 Å². The molecule has 0 spiro atoms. The smallest absolute Gasteiger partial charge is 0.355 e. The van der Waals surface area contributed by atoms with Crippen LogP contribution >= 0.6 is 0 Å². The lowest BCUT2D eigenvalue weighted by molar-refractivity contribution is 0.0519. The van der Waals surface area contributed by atoms with Gasteiger partial charge < -0.3 is 20.1 Å². The van der Waals surface area contributed by atoms with E-state index in [-0.39, 0.29) is 24.1 Å². The zero-order chi connectivity index (χ0) is 22.8. The van der Waals surface area contributed by atoms with Gasteiger partial charge in [-0.25, -0.2) is 28.3 Å². The maximum Gasteiger partial charge on any atom is 0.355 e. The minimum Gasteiger partial charge on any atom is -0.461 e. The normalized spacial score (nSPS) is 11.4. The van der Waals surface area contributed by atoms with Gasteiger partial charge in [-0.05, 0) is 50.6 Å². The topological polar surface area (TPSA) is 160 Å². The molecule has 0 saturated carbocycles. The molecule has 3 aromatic rings. The zero-order valence-electron chi connectivity index (χ0n) is 17.3. The molecule has 31 heavy (non-hydrogen) atoms. The Labute approximate surface area is 179 Å². The summed E-state index contributed by atoms with van der Waals surface area (Å²) in [5.41, 5.74) is 3.82. The molecule has 2 aromatic heterocycles. The third-order valence-corrected chi connectivity index (χ3v) is 5.56. The van der Waals surface area contributed by atoms with Gasteiger partial charge in [-0.2, -0.15) is 0 Å². The Morgan fingerprint density at radius 3 is 2.52 bits per heavy atom. The minimum atomic E-state index is -3.79. The van der Waals surface area contributed by atoms with Crippen LogP contribution in [0.15, 0.2) is 35.4 Å². The highest BCUT2D eigenvalue weighted by Crippen LogP contribution is 2.32.